The maximum Gasteiger partial charge on any atom is -0.0256 e. The molecule has 0 unspecified atom stereocenters. The Bertz CT molecular complexity index is 385. The first-order valence-electron chi connectivity index (χ1n) is 5.35. The van der Waals surface area contributed by atoms with E-state index in [-0.39, 0.29) is 0 Å². The van der Waals surface area contributed by atoms with Crippen molar-refractivity contribution in [1.29, 1.82) is 0 Å². The number of rotatable bonds is 4. The van der Waals surface area contributed by atoms with Crippen LogP contribution in [-0.2, 0) is 0 Å². The van der Waals surface area contributed by atoms with Gasteiger partial charge in [0.1, 0.15) is 0 Å². The minimum Gasteiger partial charge on any atom is -0.0961 e. The van der Waals surface area contributed by atoms with E-state index in [2.05, 4.69) is 49.6 Å². The third-order valence-electron chi connectivity index (χ3n) is 2.06. The van der Waals surface area contributed by atoms with Crippen LogP contribution in [0.3, 0.4) is 0 Å². The average molecular weight is 210 g/mol. The second kappa shape index (κ2) is 5.92. The summed E-state index contributed by atoms with van der Waals surface area (Å²) in [7, 11) is 0. The third kappa shape index (κ3) is 4.61. The van der Waals surface area contributed by atoms with Gasteiger partial charge < -0.3 is 0 Å². The fourth-order valence-corrected chi connectivity index (χ4v) is 1.20. The van der Waals surface area contributed by atoms with Crippen LogP contribution in [0.1, 0.15) is 25.0 Å². The zero-order valence-corrected chi connectivity index (χ0v) is 10.0. The Balaban J connectivity index is 2.75. The van der Waals surface area contributed by atoms with Crippen LogP contribution in [0.4, 0.5) is 0 Å². The molecule has 0 radical (unpaired) electrons. The molecule has 1 rings (SSSR count). The molecule has 1 aromatic carbocycles. The Morgan fingerprint density at radius 3 is 1.38 bits per heavy atom. The highest BCUT2D eigenvalue weighted by Gasteiger charge is 1.88. The van der Waals surface area contributed by atoms with E-state index < -0.39 is 0 Å². The highest BCUT2D eigenvalue weighted by molar-refractivity contribution is 5.58. The molecular weight excluding hydrogens is 192 g/mol. The summed E-state index contributed by atoms with van der Waals surface area (Å²) in [6.45, 7) is 11.6. The summed E-state index contributed by atoms with van der Waals surface area (Å²) in [5.41, 5.74) is 4.50. The maximum absolute atomic E-state index is 3.83. The molecule has 0 bridgehead atoms. The van der Waals surface area contributed by atoms with Gasteiger partial charge in [-0.15, -0.1) is 0 Å². The summed E-state index contributed by atoms with van der Waals surface area (Å²) in [5.74, 6) is 0. The van der Waals surface area contributed by atoms with E-state index >= 15 is 0 Å². The lowest BCUT2D eigenvalue weighted by atomic mass is 10.1. The summed E-state index contributed by atoms with van der Waals surface area (Å²) >= 11 is 0. The van der Waals surface area contributed by atoms with Crippen LogP contribution in [0.15, 0.2) is 60.7 Å². The van der Waals surface area contributed by atoms with Crippen molar-refractivity contribution in [3.63, 3.8) is 0 Å². The lowest BCUT2D eigenvalue weighted by molar-refractivity contribution is 1.55. The molecule has 0 amide bonds. The Morgan fingerprint density at radius 1 is 0.812 bits per heavy atom. The normalized spacial score (nSPS) is 11.1. The van der Waals surface area contributed by atoms with Gasteiger partial charge in [0.05, 0.1) is 0 Å². The van der Waals surface area contributed by atoms with Crippen molar-refractivity contribution in [2.45, 2.75) is 13.8 Å². The van der Waals surface area contributed by atoms with Crippen molar-refractivity contribution >= 4 is 12.2 Å². The van der Waals surface area contributed by atoms with Crippen molar-refractivity contribution in [1.82, 2.24) is 0 Å². The molecule has 0 nitrogen and oxygen atoms in total. The molecule has 0 aliphatic rings. The van der Waals surface area contributed by atoms with Crippen LogP contribution in [-0.4, -0.2) is 0 Å². The van der Waals surface area contributed by atoms with E-state index in [0.29, 0.717) is 0 Å². The second-order valence-electron chi connectivity index (χ2n) is 4.03. The van der Waals surface area contributed by atoms with Crippen LogP contribution < -0.4 is 0 Å². The third-order valence-corrected chi connectivity index (χ3v) is 2.06. The highest BCUT2D eigenvalue weighted by atomic mass is 13.9. The molecule has 16 heavy (non-hydrogen) atoms. The average Bonchev–Trinajstić information content (AvgIpc) is 2.25. The predicted molar refractivity (Wildman–Crippen MR) is 74.1 cm³/mol. The van der Waals surface area contributed by atoms with Gasteiger partial charge in [-0.2, -0.15) is 0 Å². The molecule has 0 saturated carbocycles. The minimum absolute atomic E-state index is 1.06. The van der Waals surface area contributed by atoms with E-state index in [0.717, 1.165) is 11.1 Å². The van der Waals surface area contributed by atoms with Gasteiger partial charge in [-0.1, -0.05) is 72.9 Å². The topological polar surface area (TPSA) is 0 Å². The van der Waals surface area contributed by atoms with Gasteiger partial charge in [0.25, 0.3) is 0 Å². The van der Waals surface area contributed by atoms with Crippen molar-refractivity contribution in [2.75, 3.05) is 0 Å². The van der Waals surface area contributed by atoms with E-state index in [4.69, 9.17) is 0 Å². The maximum atomic E-state index is 3.83. The summed E-state index contributed by atoms with van der Waals surface area (Å²) < 4.78 is 0. The molecule has 0 heteroatoms. The minimum atomic E-state index is 1.06. The van der Waals surface area contributed by atoms with Crippen molar-refractivity contribution in [3.05, 3.63) is 71.8 Å². The number of benzene rings is 1. The van der Waals surface area contributed by atoms with E-state index in [1.54, 1.807) is 0 Å². The number of allylic oxidation sites excluding steroid dienone is 4. The van der Waals surface area contributed by atoms with Gasteiger partial charge in [0, 0.05) is 0 Å². The Kier molecular flexibility index (Phi) is 4.53. The SMILES string of the molecule is C=C(C)C=Cc1ccc(C=CC(=C)C)cc1. The summed E-state index contributed by atoms with van der Waals surface area (Å²) in [4.78, 5) is 0. The molecule has 0 N–H and O–H groups in total. The predicted octanol–water partition coefficient (Wildman–Crippen LogP) is 4.87. The van der Waals surface area contributed by atoms with Gasteiger partial charge in [-0.05, 0) is 25.0 Å². The Morgan fingerprint density at radius 2 is 1.12 bits per heavy atom. The summed E-state index contributed by atoms with van der Waals surface area (Å²) in [6, 6.07) is 8.38. The zero-order chi connectivity index (χ0) is 12.0. The van der Waals surface area contributed by atoms with Crippen LogP contribution in [0, 0.1) is 0 Å². The monoisotopic (exact) mass is 210 g/mol. The van der Waals surface area contributed by atoms with E-state index in [1.807, 2.05) is 26.0 Å². The molecule has 0 spiro atoms. The first-order valence-corrected chi connectivity index (χ1v) is 5.35. The smallest absolute Gasteiger partial charge is 0.0256 e. The zero-order valence-electron chi connectivity index (χ0n) is 10.0. The molecule has 82 valence electrons. The fourth-order valence-electron chi connectivity index (χ4n) is 1.20. The standard InChI is InChI=1S/C16H18/c1-13(2)5-7-15-9-11-16(12-10-15)8-6-14(3)4/h5-12H,1,3H2,2,4H3. The lowest BCUT2D eigenvalue weighted by Crippen LogP contribution is -1.75. The quantitative estimate of drug-likeness (QED) is 0.622. The molecule has 0 aromatic heterocycles. The Labute approximate surface area is 98.3 Å². The summed E-state index contributed by atoms with van der Waals surface area (Å²) in [5, 5.41) is 0. The molecule has 0 aliphatic carbocycles. The number of hydrogen-bond donors (Lipinski definition) is 0. The molecular formula is C16H18. The van der Waals surface area contributed by atoms with Crippen LogP contribution in [0.2, 0.25) is 0 Å². The van der Waals surface area contributed by atoms with Gasteiger partial charge >= 0.3 is 0 Å². The van der Waals surface area contributed by atoms with E-state index in [9.17, 15) is 0 Å². The largest absolute Gasteiger partial charge is 0.0961 e. The molecule has 0 aliphatic heterocycles. The molecule has 1 aromatic rings. The van der Waals surface area contributed by atoms with Crippen LogP contribution in [0.5, 0.6) is 0 Å². The van der Waals surface area contributed by atoms with E-state index in [1.165, 1.54) is 11.1 Å². The first-order chi connectivity index (χ1) is 7.58. The van der Waals surface area contributed by atoms with Gasteiger partial charge in [-0.3, -0.25) is 0 Å². The highest BCUT2D eigenvalue weighted by Crippen LogP contribution is 2.09. The number of hydrogen-bond acceptors (Lipinski definition) is 0. The molecule has 0 heterocycles. The van der Waals surface area contributed by atoms with Gasteiger partial charge in [0.2, 0.25) is 0 Å². The van der Waals surface area contributed by atoms with Crippen LogP contribution >= 0.6 is 0 Å². The second-order valence-corrected chi connectivity index (χ2v) is 4.03. The summed E-state index contributed by atoms with van der Waals surface area (Å²) in [6.07, 6.45) is 8.15. The van der Waals surface area contributed by atoms with Crippen LogP contribution in [0.25, 0.3) is 12.2 Å². The molecule has 0 atom stereocenters. The fraction of sp³-hybridized carbons (Fsp3) is 0.125. The molecule has 0 fully saturated rings. The van der Waals surface area contributed by atoms with Crippen molar-refractivity contribution in [2.24, 2.45) is 0 Å². The van der Waals surface area contributed by atoms with Crippen molar-refractivity contribution < 1.29 is 0 Å². The Hall–Kier alpha value is -1.82. The first kappa shape index (κ1) is 12.3. The molecule has 0 saturated heterocycles. The van der Waals surface area contributed by atoms with Crippen molar-refractivity contribution in [3.8, 4) is 0 Å². The van der Waals surface area contributed by atoms with Gasteiger partial charge in [0.15, 0.2) is 0 Å². The van der Waals surface area contributed by atoms with Gasteiger partial charge in [-0.25, -0.2) is 0 Å². The lowest BCUT2D eigenvalue weighted by Gasteiger charge is -1.96.